The van der Waals surface area contributed by atoms with Crippen LogP contribution in [0.25, 0.3) is 0 Å². The van der Waals surface area contributed by atoms with Crippen LogP contribution in [0.4, 0.5) is 13.2 Å². The van der Waals surface area contributed by atoms with Gasteiger partial charge in [0.2, 0.25) is 5.91 Å². The number of carbonyl (C=O) groups excluding carboxylic acids is 1. The molecule has 8 nitrogen and oxygen atoms in total. The van der Waals surface area contributed by atoms with Gasteiger partial charge in [-0.25, -0.2) is 8.42 Å². The third-order valence-corrected chi connectivity index (χ3v) is 5.95. The van der Waals surface area contributed by atoms with Crippen molar-refractivity contribution in [2.24, 2.45) is 10.7 Å². The zero-order valence-corrected chi connectivity index (χ0v) is 16.0. The van der Waals surface area contributed by atoms with Crippen LogP contribution < -0.4 is 16.4 Å². The van der Waals surface area contributed by atoms with Crippen LogP contribution in [0.1, 0.15) is 28.8 Å². The SMILES string of the molecule is CN=C(NCc1cccc(C(N)=O)c1)NC1CCN(S(=O)(=O)C(F)(F)F)CC1. The molecule has 12 heteroatoms. The van der Waals surface area contributed by atoms with Gasteiger partial charge >= 0.3 is 15.5 Å². The molecule has 0 saturated carbocycles. The van der Waals surface area contributed by atoms with Crippen LogP contribution in [0.15, 0.2) is 29.3 Å². The molecule has 1 amide bonds. The molecule has 0 radical (unpaired) electrons. The first-order chi connectivity index (χ1) is 13.0. The number of hydrogen-bond acceptors (Lipinski definition) is 4. The van der Waals surface area contributed by atoms with E-state index in [1.165, 1.54) is 0 Å². The average molecular weight is 421 g/mol. The van der Waals surface area contributed by atoms with Gasteiger partial charge in [0.1, 0.15) is 0 Å². The van der Waals surface area contributed by atoms with Gasteiger partial charge in [-0.2, -0.15) is 17.5 Å². The lowest BCUT2D eigenvalue weighted by Gasteiger charge is -2.32. The van der Waals surface area contributed by atoms with Crippen LogP contribution in [-0.2, 0) is 16.6 Å². The predicted octanol–water partition coefficient (Wildman–Crippen LogP) is 0.764. The van der Waals surface area contributed by atoms with Crippen LogP contribution in [0, 0.1) is 0 Å². The highest BCUT2D eigenvalue weighted by Crippen LogP contribution is 2.28. The topological polar surface area (TPSA) is 117 Å². The number of hydrogen-bond donors (Lipinski definition) is 3. The number of aliphatic imine (C=N–C) groups is 1. The zero-order valence-electron chi connectivity index (χ0n) is 15.2. The molecule has 156 valence electrons. The van der Waals surface area contributed by atoms with Gasteiger partial charge in [0.05, 0.1) is 0 Å². The van der Waals surface area contributed by atoms with Gasteiger partial charge in [0, 0.05) is 38.3 Å². The molecule has 1 fully saturated rings. The number of sulfonamides is 1. The first kappa shape index (κ1) is 22.0. The molecular weight excluding hydrogens is 399 g/mol. The van der Waals surface area contributed by atoms with Gasteiger partial charge in [-0.1, -0.05) is 12.1 Å². The average Bonchev–Trinajstić information content (AvgIpc) is 2.64. The third-order valence-electron chi connectivity index (χ3n) is 4.32. The Morgan fingerprint density at radius 3 is 2.50 bits per heavy atom. The van der Waals surface area contributed by atoms with E-state index in [2.05, 4.69) is 15.6 Å². The van der Waals surface area contributed by atoms with Crippen molar-refractivity contribution < 1.29 is 26.4 Å². The smallest absolute Gasteiger partial charge is 0.366 e. The molecule has 28 heavy (non-hydrogen) atoms. The van der Waals surface area contributed by atoms with E-state index in [4.69, 9.17) is 5.73 Å². The Morgan fingerprint density at radius 1 is 1.32 bits per heavy atom. The summed E-state index contributed by atoms with van der Waals surface area (Å²) in [5.74, 6) is -0.119. The minimum absolute atomic E-state index is 0.215. The van der Waals surface area contributed by atoms with Crippen molar-refractivity contribution in [1.82, 2.24) is 14.9 Å². The van der Waals surface area contributed by atoms with E-state index in [1.807, 2.05) is 0 Å². The number of nitrogens with zero attached hydrogens (tertiary/aromatic N) is 2. The van der Waals surface area contributed by atoms with Crippen LogP contribution in [-0.4, -0.2) is 56.3 Å². The summed E-state index contributed by atoms with van der Waals surface area (Å²) in [5, 5.41) is 6.11. The van der Waals surface area contributed by atoms with Gasteiger partial charge in [0.25, 0.3) is 0 Å². The molecule has 0 aliphatic carbocycles. The van der Waals surface area contributed by atoms with E-state index in [-0.39, 0.29) is 32.0 Å². The molecule has 0 aromatic heterocycles. The number of benzene rings is 1. The zero-order chi connectivity index (χ0) is 20.9. The van der Waals surface area contributed by atoms with Crippen molar-refractivity contribution in [3.8, 4) is 0 Å². The van der Waals surface area contributed by atoms with E-state index < -0.39 is 21.4 Å². The highest BCUT2D eigenvalue weighted by Gasteiger charge is 2.50. The third kappa shape index (κ3) is 5.35. The largest absolute Gasteiger partial charge is 0.511 e. The van der Waals surface area contributed by atoms with E-state index in [0.717, 1.165) is 5.56 Å². The molecule has 1 saturated heterocycles. The van der Waals surface area contributed by atoms with E-state index in [1.54, 1.807) is 31.3 Å². The second-order valence-electron chi connectivity index (χ2n) is 6.26. The van der Waals surface area contributed by atoms with E-state index >= 15 is 0 Å². The van der Waals surface area contributed by atoms with Crippen molar-refractivity contribution >= 4 is 21.9 Å². The molecule has 1 aliphatic rings. The number of piperidine rings is 1. The quantitative estimate of drug-likeness (QED) is 0.480. The Kier molecular flexibility index (Phi) is 6.88. The molecule has 0 spiro atoms. The normalized spacial score (nSPS) is 17.4. The van der Waals surface area contributed by atoms with Crippen molar-refractivity contribution in [2.45, 2.75) is 30.9 Å². The van der Waals surface area contributed by atoms with Crippen LogP contribution in [0.5, 0.6) is 0 Å². The molecular formula is C16H22F3N5O3S. The maximum atomic E-state index is 12.6. The molecule has 1 heterocycles. The van der Waals surface area contributed by atoms with Gasteiger partial charge in [-0.05, 0) is 30.5 Å². The van der Waals surface area contributed by atoms with Crippen LogP contribution in [0.2, 0.25) is 0 Å². The second-order valence-corrected chi connectivity index (χ2v) is 8.19. The molecule has 4 N–H and O–H groups in total. The summed E-state index contributed by atoms with van der Waals surface area (Å²) in [4.78, 5) is 15.3. The fraction of sp³-hybridized carbons (Fsp3) is 0.500. The summed E-state index contributed by atoms with van der Waals surface area (Å²) in [6.45, 7) is -0.101. The number of nitrogens with one attached hydrogen (secondary N) is 2. The number of nitrogens with two attached hydrogens (primary N) is 1. The molecule has 0 atom stereocenters. The standard InChI is InChI=1S/C16H22F3N5O3S/c1-21-15(22-10-11-3-2-4-12(9-11)14(20)25)23-13-5-7-24(8-6-13)28(26,27)16(17,18)19/h2-4,9,13H,5-8,10H2,1H3,(H2,20,25)(H2,21,22,23). The minimum Gasteiger partial charge on any atom is -0.366 e. The Labute approximate surface area is 161 Å². The molecule has 0 unspecified atom stereocenters. The Hall–Kier alpha value is -2.34. The Bertz CT molecular complexity index is 834. The monoisotopic (exact) mass is 421 g/mol. The number of halogens is 3. The van der Waals surface area contributed by atoms with Crippen LogP contribution in [0.3, 0.4) is 0 Å². The lowest BCUT2D eigenvalue weighted by molar-refractivity contribution is -0.0494. The summed E-state index contributed by atoms with van der Waals surface area (Å²) in [6, 6.07) is 6.52. The summed E-state index contributed by atoms with van der Waals surface area (Å²) in [6.07, 6.45) is 0.431. The van der Waals surface area contributed by atoms with Crippen molar-refractivity contribution in [2.75, 3.05) is 20.1 Å². The minimum atomic E-state index is -5.29. The number of carbonyl (C=O) groups is 1. The van der Waals surface area contributed by atoms with Gasteiger partial charge in [-0.15, -0.1) is 0 Å². The summed E-state index contributed by atoms with van der Waals surface area (Å²) in [7, 11) is -3.75. The first-order valence-electron chi connectivity index (χ1n) is 8.47. The number of guanidine groups is 1. The molecule has 1 aromatic rings. The Balaban J connectivity index is 1.88. The molecule has 0 bridgehead atoms. The van der Waals surface area contributed by atoms with Gasteiger partial charge in [0.15, 0.2) is 5.96 Å². The highest BCUT2D eigenvalue weighted by molar-refractivity contribution is 7.90. The molecule has 1 aliphatic heterocycles. The van der Waals surface area contributed by atoms with E-state index in [9.17, 15) is 26.4 Å². The second kappa shape index (κ2) is 8.78. The molecule has 2 rings (SSSR count). The Morgan fingerprint density at radius 2 is 1.96 bits per heavy atom. The molecule has 1 aromatic carbocycles. The van der Waals surface area contributed by atoms with Gasteiger partial charge in [-0.3, -0.25) is 9.79 Å². The van der Waals surface area contributed by atoms with E-state index in [0.29, 0.717) is 22.4 Å². The summed E-state index contributed by atoms with van der Waals surface area (Å²) < 4.78 is 61.2. The number of amides is 1. The fourth-order valence-electron chi connectivity index (χ4n) is 2.80. The predicted molar refractivity (Wildman–Crippen MR) is 97.9 cm³/mol. The van der Waals surface area contributed by atoms with Crippen molar-refractivity contribution in [3.05, 3.63) is 35.4 Å². The highest BCUT2D eigenvalue weighted by atomic mass is 32.2. The van der Waals surface area contributed by atoms with Crippen LogP contribution >= 0.6 is 0 Å². The fourth-order valence-corrected chi connectivity index (χ4v) is 3.78. The summed E-state index contributed by atoms with van der Waals surface area (Å²) >= 11 is 0. The number of rotatable bonds is 5. The summed E-state index contributed by atoms with van der Waals surface area (Å²) in [5.41, 5.74) is 1.13. The lowest BCUT2D eigenvalue weighted by atomic mass is 10.1. The lowest BCUT2D eigenvalue weighted by Crippen LogP contribution is -2.51. The first-order valence-corrected chi connectivity index (χ1v) is 9.91. The maximum Gasteiger partial charge on any atom is 0.511 e. The maximum absolute atomic E-state index is 12.6. The number of alkyl halides is 3. The van der Waals surface area contributed by atoms with Crippen molar-refractivity contribution in [1.29, 1.82) is 0 Å². The number of primary amides is 1. The van der Waals surface area contributed by atoms with Gasteiger partial charge < -0.3 is 16.4 Å². The van der Waals surface area contributed by atoms with Crippen molar-refractivity contribution in [3.63, 3.8) is 0 Å².